The highest BCUT2D eigenvalue weighted by Crippen LogP contribution is 2.72. The van der Waals surface area contributed by atoms with Gasteiger partial charge in [0.25, 0.3) is 0 Å². The fourth-order valence-electron chi connectivity index (χ4n) is 21.0. The zero-order valence-electron chi connectivity index (χ0n) is 44.7. The van der Waals surface area contributed by atoms with Gasteiger partial charge < -0.3 is 29.5 Å². The summed E-state index contributed by atoms with van der Waals surface area (Å²) in [6.45, 7) is 27.2. The van der Waals surface area contributed by atoms with Crippen LogP contribution in [0.15, 0.2) is 33.9 Å². The number of ether oxygens (including phenoxy) is 3. The second kappa shape index (κ2) is 15.8. The number of ketones is 1. The molecular formula is C58H88O11S. The lowest BCUT2D eigenvalue weighted by Gasteiger charge is -2.65. The molecule has 0 aromatic rings. The predicted molar refractivity (Wildman–Crippen MR) is 266 cm³/mol. The minimum Gasteiger partial charge on any atom is -0.387 e. The van der Waals surface area contributed by atoms with Crippen LogP contribution < -0.4 is 0 Å². The minimum absolute atomic E-state index is 0.0325. The van der Waals surface area contributed by atoms with Crippen molar-refractivity contribution in [2.75, 3.05) is 6.61 Å². The van der Waals surface area contributed by atoms with Gasteiger partial charge in [0.1, 0.15) is 12.2 Å². The van der Waals surface area contributed by atoms with Gasteiger partial charge in [-0.1, -0.05) is 96.3 Å². The molecule has 12 aliphatic rings. The van der Waals surface area contributed by atoms with Crippen molar-refractivity contribution in [3.63, 3.8) is 0 Å². The molecule has 3 unspecified atom stereocenters. The van der Waals surface area contributed by atoms with Crippen LogP contribution >= 0.6 is 0 Å². The van der Waals surface area contributed by atoms with E-state index in [-0.39, 0.29) is 63.7 Å². The van der Waals surface area contributed by atoms with Gasteiger partial charge in [-0.3, -0.25) is 9.35 Å². The SMILES string of the molecule is C[C@@H]([C@H]1CCC2C3=C(CC[C@@]21C)[C@@]1(C)C[C@H](O)C(=O)C(C)(C)C1[C@@H](OS(=O)(=O)O)C3)[C@H]1C[C@@H]2C[C@@](C)(OC2(C)C)[C@H](CC[C@@H](C)[C@H]2CCC3C4=C(CC[C@@]32C)[C@@]23CO[C@@](O)([C@@H](O)C2)C(C)(C)C3=CC4)O1. The third kappa shape index (κ3) is 6.83. The molecule has 8 fully saturated rings. The van der Waals surface area contributed by atoms with E-state index in [0.717, 1.165) is 70.6 Å². The predicted octanol–water partition coefficient (Wildman–Crippen LogP) is 10.4. The van der Waals surface area contributed by atoms with Gasteiger partial charge in [-0.2, -0.15) is 8.42 Å². The molecule has 19 atom stereocenters. The van der Waals surface area contributed by atoms with Gasteiger partial charge in [0, 0.05) is 22.2 Å². The summed E-state index contributed by atoms with van der Waals surface area (Å²) in [4.78, 5) is 13.5. The van der Waals surface area contributed by atoms with Crippen LogP contribution in [0.5, 0.6) is 0 Å². The van der Waals surface area contributed by atoms with E-state index < -0.39 is 56.7 Å². The first-order valence-electron chi connectivity index (χ1n) is 27.8. The van der Waals surface area contributed by atoms with Crippen LogP contribution in [0.1, 0.15) is 186 Å². The maximum absolute atomic E-state index is 13.5. The van der Waals surface area contributed by atoms with Gasteiger partial charge in [0.15, 0.2) is 5.78 Å². The van der Waals surface area contributed by atoms with Crippen molar-refractivity contribution in [2.24, 2.45) is 79.8 Å². The zero-order valence-corrected chi connectivity index (χ0v) is 45.5. The molecule has 0 amide bonds. The standard InChI is InChI=1S/C58H88O11S/c1-31(36-15-17-38-34-14-19-45-51(5,6)58(62)46(60)29-57(45,30-66-58)41(34)22-24-53(36,38)9)13-20-47-56(12)27-33(52(7,8)69-56)25-43(67-47)32(2)37-16-18-39-35-26-44(68-70(63,64)65)48-50(3,4)49(61)42(59)28-55(48,11)40(35)21-23-54(37,39)10/h19,31-33,36-39,42-44,46-48,59-60,62H,13-18,20-30H2,1-12H3,(H,63,64,65)/t31-,32+,33-,36-,37-,38?,39?,42+,43-,44+,46+,47+,48?,53-,54-,55-,56-,57+,58+/m1/s1. The Hall–Kier alpha value is -1.48. The number of hydrogen-bond acceptors (Lipinski definition) is 10. The number of aliphatic hydroxyl groups excluding tert-OH is 2. The maximum atomic E-state index is 13.5. The van der Waals surface area contributed by atoms with E-state index in [1.54, 1.807) is 19.4 Å². The summed E-state index contributed by atoms with van der Waals surface area (Å²) in [5.41, 5.74) is 3.76. The lowest BCUT2D eigenvalue weighted by atomic mass is 9.45. The average molecular weight is 993 g/mol. The maximum Gasteiger partial charge on any atom is 0.397 e. The molecule has 4 saturated heterocycles. The van der Waals surface area contributed by atoms with E-state index in [1.807, 2.05) is 0 Å². The fraction of sp³-hybridized carbons (Fsp3) is 0.879. The third-order valence-corrected chi connectivity index (χ3v) is 24.7. The monoisotopic (exact) mass is 993 g/mol. The Kier molecular flexibility index (Phi) is 11.4. The molecule has 11 nitrogen and oxygen atoms in total. The Balaban J connectivity index is 0.823. The molecule has 4 saturated carbocycles. The number of carbonyl (C=O) groups is 1. The number of Topliss-reactive ketones (excluding diaryl/α,β-unsaturated/α-hetero) is 1. The lowest BCUT2D eigenvalue weighted by Crippen LogP contribution is -2.70. The molecular weight excluding hydrogens is 905 g/mol. The largest absolute Gasteiger partial charge is 0.397 e. The van der Waals surface area contributed by atoms with Gasteiger partial charge in [0.05, 0.1) is 36.1 Å². The van der Waals surface area contributed by atoms with Crippen molar-refractivity contribution < 1.29 is 51.5 Å². The smallest absolute Gasteiger partial charge is 0.387 e. The molecule has 12 heteroatoms. The number of carbonyl (C=O) groups excluding carboxylic acids is 1. The first kappa shape index (κ1) is 50.7. The van der Waals surface area contributed by atoms with Crippen LogP contribution in [0, 0.1) is 79.8 Å². The molecule has 1 spiro atoms. The van der Waals surface area contributed by atoms with Gasteiger partial charge in [-0.05, 0) is 181 Å². The molecule has 0 radical (unpaired) electrons. The molecule has 0 aromatic carbocycles. The van der Waals surface area contributed by atoms with Crippen molar-refractivity contribution in [3.05, 3.63) is 33.9 Å². The van der Waals surface area contributed by atoms with Crippen molar-refractivity contribution in [2.45, 2.75) is 233 Å². The minimum atomic E-state index is -4.81. The van der Waals surface area contributed by atoms with E-state index in [4.69, 9.17) is 18.4 Å². The highest BCUT2D eigenvalue weighted by Gasteiger charge is 2.70. The van der Waals surface area contributed by atoms with Crippen molar-refractivity contribution in [1.29, 1.82) is 0 Å². The molecule has 12 rings (SSSR count). The molecule has 8 aliphatic carbocycles. The Bertz CT molecular complexity index is 2420. The first-order valence-corrected chi connectivity index (χ1v) is 29.2. The van der Waals surface area contributed by atoms with E-state index in [0.29, 0.717) is 49.0 Å². The Labute approximate surface area is 419 Å². The van der Waals surface area contributed by atoms with Crippen LogP contribution in [0.4, 0.5) is 0 Å². The van der Waals surface area contributed by atoms with Crippen molar-refractivity contribution in [1.82, 2.24) is 0 Å². The topological polar surface area (TPSA) is 169 Å². The van der Waals surface area contributed by atoms with E-state index >= 15 is 0 Å². The summed E-state index contributed by atoms with van der Waals surface area (Å²) < 4.78 is 61.6. The molecule has 4 aliphatic heterocycles. The molecule has 0 aromatic heterocycles. The normalized spacial score (nSPS) is 50.5. The third-order valence-electron chi connectivity index (χ3n) is 24.2. The number of aliphatic hydroxyl groups is 3. The highest BCUT2D eigenvalue weighted by atomic mass is 32.3. The first-order chi connectivity index (χ1) is 32.4. The van der Waals surface area contributed by atoms with E-state index in [2.05, 4.69) is 75.3 Å². The molecule has 4 N–H and O–H groups in total. The fourth-order valence-corrected chi connectivity index (χ4v) is 21.5. The van der Waals surface area contributed by atoms with Crippen LogP contribution in [-0.4, -0.2) is 88.2 Å². The Morgan fingerprint density at radius 2 is 1.49 bits per heavy atom. The van der Waals surface area contributed by atoms with E-state index in [1.165, 1.54) is 35.1 Å². The quantitative estimate of drug-likeness (QED) is 0.135. The van der Waals surface area contributed by atoms with Crippen molar-refractivity contribution in [3.8, 4) is 0 Å². The second-order valence-corrected chi connectivity index (χ2v) is 29.5. The number of fused-ring (bicyclic) bond motifs is 10. The van der Waals surface area contributed by atoms with Gasteiger partial charge in [0.2, 0.25) is 5.79 Å². The summed E-state index contributed by atoms with van der Waals surface area (Å²) in [5, 5.41) is 34.2. The average Bonchev–Trinajstić information content (AvgIpc) is 3.83. The van der Waals surface area contributed by atoms with Crippen molar-refractivity contribution >= 4 is 16.2 Å². The highest BCUT2D eigenvalue weighted by molar-refractivity contribution is 7.80. The van der Waals surface area contributed by atoms with E-state index in [9.17, 15) is 33.1 Å². The molecule has 4 heterocycles. The summed E-state index contributed by atoms with van der Waals surface area (Å²) in [5.74, 6) is 0.535. The van der Waals surface area contributed by atoms with Crippen LogP contribution in [-0.2, 0) is 33.6 Å². The molecule has 392 valence electrons. The Morgan fingerprint density at radius 3 is 2.16 bits per heavy atom. The number of rotatable bonds is 8. The second-order valence-electron chi connectivity index (χ2n) is 28.4. The van der Waals surface area contributed by atoms with Crippen LogP contribution in [0.2, 0.25) is 0 Å². The summed E-state index contributed by atoms with van der Waals surface area (Å²) in [6, 6.07) is 0. The summed E-state index contributed by atoms with van der Waals surface area (Å²) in [6.07, 6.45) is 14.0. The summed E-state index contributed by atoms with van der Waals surface area (Å²) in [7, 11) is -4.81. The number of allylic oxidation sites excluding steroid dienone is 3. The molecule has 70 heavy (non-hydrogen) atoms. The number of hydrogen-bond donors (Lipinski definition) is 4. The van der Waals surface area contributed by atoms with Gasteiger partial charge in [-0.15, -0.1) is 0 Å². The van der Waals surface area contributed by atoms with Crippen LogP contribution in [0.25, 0.3) is 0 Å². The molecule has 4 bridgehead atoms. The summed E-state index contributed by atoms with van der Waals surface area (Å²) >= 11 is 0. The van der Waals surface area contributed by atoms with Gasteiger partial charge >= 0.3 is 10.4 Å². The lowest BCUT2D eigenvalue weighted by molar-refractivity contribution is -0.359. The Morgan fingerprint density at radius 1 is 0.843 bits per heavy atom. The van der Waals surface area contributed by atoms with Crippen LogP contribution in [0.3, 0.4) is 0 Å². The zero-order chi connectivity index (χ0) is 50.5. The van der Waals surface area contributed by atoms with Gasteiger partial charge in [-0.25, -0.2) is 4.18 Å².